The van der Waals surface area contributed by atoms with Gasteiger partial charge < -0.3 is 4.90 Å². The van der Waals surface area contributed by atoms with E-state index in [0.29, 0.717) is 5.92 Å². The minimum Gasteiger partial charge on any atom is -0.306 e. The molecule has 1 heteroatoms. The zero-order valence-electron chi connectivity index (χ0n) is 12.3. The van der Waals surface area contributed by atoms with Crippen LogP contribution in [-0.4, -0.2) is 25.0 Å². The largest absolute Gasteiger partial charge is 0.306 e. The van der Waals surface area contributed by atoms with Gasteiger partial charge in [0.2, 0.25) is 0 Å². The molecule has 1 heterocycles. The number of hydrogen-bond acceptors (Lipinski definition) is 1. The van der Waals surface area contributed by atoms with Gasteiger partial charge in [0.1, 0.15) is 0 Å². The summed E-state index contributed by atoms with van der Waals surface area (Å²) >= 11 is 0. The van der Waals surface area contributed by atoms with Crippen LogP contribution in [-0.2, 0) is 6.42 Å². The van der Waals surface area contributed by atoms with E-state index in [4.69, 9.17) is 0 Å². The minimum atomic E-state index is 0.555. The lowest BCUT2D eigenvalue weighted by atomic mass is 9.84. The summed E-state index contributed by atoms with van der Waals surface area (Å²) in [7, 11) is 2.24. The summed E-state index contributed by atoms with van der Waals surface area (Å²) in [6, 6.07) is 20.0. The highest BCUT2D eigenvalue weighted by Gasteiger charge is 2.19. The highest BCUT2D eigenvalue weighted by Crippen LogP contribution is 2.32. The van der Waals surface area contributed by atoms with Crippen LogP contribution in [0.15, 0.2) is 54.6 Å². The van der Waals surface area contributed by atoms with Gasteiger partial charge in [0.25, 0.3) is 0 Å². The molecule has 1 nitrogen and oxygen atoms in total. The maximum atomic E-state index is 2.46. The number of nitrogens with zero attached hydrogens (tertiary/aromatic N) is 1. The fourth-order valence-electron chi connectivity index (χ4n) is 3.28. The summed E-state index contributed by atoms with van der Waals surface area (Å²) in [6.45, 7) is 2.37. The molecule has 1 aliphatic rings. The van der Waals surface area contributed by atoms with Crippen LogP contribution in [0.3, 0.4) is 0 Å². The van der Waals surface area contributed by atoms with Gasteiger partial charge in [0.15, 0.2) is 0 Å². The van der Waals surface area contributed by atoms with Crippen molar-refractivity contribution in [2.24, 2.45) is 0 Å². The Hall–Kier alpha value is -1.60. The smallest absolute Gasteiger partial charge is 0.00925 e. The van der Waals surface area contributed by atoms with E-state index in [1.54, 1.807) is 0 Å². The van der Waals surface area contributed by atoms with Crippen LogP contribution in [0.1, 0.15) is 35.4 Å². The maximum absolute atomic E-state index is 2.46. The SMILES string of the molecule is CN1CCCC(c2ccccc2)c2ccccc2CC1. The van der Waals surface area contributed by atoms with Crippen molar-refractivity contribution in [1.29, 1.82) is 0 Å². The van der Waals surface area contributed by atoms with Gasteiger partial charge in [0, 0.05) is 12.5 Å². The standard InChI is InChI=1S/C19H23N/c1-20-14-7-12-19(16-8-3-2-4-9-16)18-11-6-5-10-17(18)13-15-20/h2-6,8-11,19H,7,12-15H2,1H3. The van der Waals surface area contributed by atoms with Gasteiger partial charge in [-0.05, 0) is 49.5 Å². The first kappa shape index (κ1) is 13.4. The lowest BCUT2D eigenvalue weighted by Gasteiger charge is -2.20. The molecular weight excluding hydrogens is 242 g/mol. The number of benzene rings is 2. The van der Waals surface area contributed by atoms with E-state index in [0.717, 1.165) is 6.42 Å². The van der Waals surface area contributed by atoms with Crippen LogP contribution in [0.5, 0.6) is 0 Å². The second kappa shape index (κ2) is 6.23. The van der Waals surface area contributed by atoms with Crippen molar-refractivity contribution in [3.8, 4) is 0 Å². The van der Waals surface area contributed by atoms with Crippen molar-refractivity contribution < 1.29 is 0 Å². The molecule has 0 bridgehead atoms. The van der Waals surface area contributed by atoms with E-state index < -0.39 is 0 Å². The normalized spacial score (nSPS) is 20.6. The van der Waals surface area contributed by atoms with Crippen molar-refractivity contribution in [3.63, 3.8) is 0 Å². The van der Waals surface area contributed by atoms with Gasteiger partial charge in [-0.15, -0.1) is 0 Å². The van der Waals surface area contributed by atoms with E-state index in [1.165, 1.54) is 42.6 Å². The van der Waals surface area contributed by atoms with Gasteiger partial charge in [-0.1, -0.05) is 54.6 Å². The first-order valence-corrected chi connectivity index (χ1v) is 7.66. The van der Waals surface area contributed by atoms with Crippen LogP contribution < -0.4 is 0 Å². The Morgan fingerprint density at radius 1 is 0.900 bits per heavy atom. The average molecular weight is 265 g/mol. The van der Waals surface area contributed by atoms with Crippen molar-refractivity contribution in [2.75, 3.05) is 20.1 Å². The molecule has 3 rings (SSSR count). The average Bonchev–Trinajstić information content (AvgIpc) is 2.58. The Morgan fingerprint density at radius 2 is 1.65 bits per heavy atom. The molecule has 0 fully saturated rings. The molecule has 104 valence electrons. The number of rotatable bonds is 1. The minimum absolute atomic E-state index is 0.555. The maximum Gasteiger partial charge on any atom is 0.00925 e. The van der Waals surface area contributed by atoms with Crippen molar-refractivity contribution in [2.45, 2.75) is 25.2 Å². The molecule has 0 amide bonds. The van der Waals surface area contributed by atoms with Crippen LogP contribution in [0.2, 0.25) is 0 Å². The molecule has 0 radical (unpaired) electrons. The lowest BCUT2D eigenvalue weighted by molar-refractivity contribution is 0.331. The van der Waals surface area contributed by atoms with E-state index in [9.17, 15) is 0 Å². The second-order valence-electron chi connectivity index (χ2n) is 5.86. The molecule has 0 saturated carbocycles. The first-order chi connectivity index (χ1) is 9.84. The van der Waals surface area contributed by atoms with Crippen LogP contribution in [0.4, 0.5) is 0 Å². The fourth-order valence-corrected chi connectivity index (χ4v) is 3.28. The van der Waals surface area contributed by atoms with Gasteiger partial charge in [-0.3, -0.25) is 0 Å². The molecule has 0 spiro atoms. The van der Waals surface area contributed by atoms with E-state index in [1.807, 2.05) is 0 Å². The third-order valence-corrected chi connectivity index (χ3v) is 4.43. The quantitative estimate of drug-likeness (QED) is 0.751. The monoisotopic (exact) mass is 265 g/mol. The van der Waals surface area contributed by atoms with Crippen LogP contribution in [0, 0.1) is 0 Å². The zero-order valence-corrected chi connectivity index (χ0v) is 12.3. The lowest BCUT2D eigenvalue weighted by Crippen LogP contribution is -2.21. The number of likely N-dealkylation sites (N-methyl/N-ethyl adjacent to an activating group) is 1. The predicted molar refractivity (Wildman–Crippen MR) is 85.2 cm³/mol. The number of fused-ring (bicyclic) bond motifs is 1. The molecule has 2 aromatic rings. The molecule has 1 unspecified atom stereocenters. The summed E-state index contributed by atoms with van der Waals surface area (Å²) in [5.74, 6) is 0.555. The fraction of sp³-hybridized carbons (Fsp3) is 0.368. The topological polar surface area (TPSA) is 3.24 Å². The third-order valence-electron chi connectivity index (χ3n) is 4.43. The molecule has 0 aliphatic carbocycles. The third kappa shape index (κ3) is 2.94. The Bertz CT molecular complexity index is 547. The van der Waals surface area contributed by atoms with Crippen molar-refractivity contribution in [1.82, 2.24) is 4.90 Å². The number of hydrogen-bond donors (Lipinski definition) is 0. The van der Waals surface area contributed by atoms with E-state index in [2.05, 4.69) is 66.5 Å². The zero-order chi connectivity index (χ0) is 13.8. The molecule has 0 saturated heterocycles. The Kier molecular flexibility index (Phi) is 4.17. The summed E-state index contributed by atoms with van der Waals surface area (Å²) < 4.78 is 0. The van der Waals surface area contributed by atoms with Gasteiger partial charge >= 0.3 is 0 Å². The molecule has 2 aromatic carbocycles. The summed E-state index contributed by atoms with van der Waals surface area (Å²) in [5.41, 5.74) is 4.52. The molecule has 0 aromatic heterocycles. The molecule has 20 heavy (non-hydrogen) atoms. The molecule has 1 aliphatic heterocycles. The van der Waals surface area contributed by atoms with Gasteiger partial charge in [-0.2, -0.15) is 0 Å². The molecule has 1 atom stereocenters. The van der Waals surface area contributed by atoms with E-state index in [-0.39, 0.29) is 0 Å². The summed E-state index contributed by atoms with van der Waals surface area (Å²) in [4.78, 5) is 2.46. The van der Waals surface area contributed by atoms with Crippen LogP contribution in [0.25, 0.3) is 0 Å². The molecular formula is C19H23N. The Labute approximate surface area is 122 Å². The predicted octanol–water partition coefficient (Wildman–Crippen LogP) is 4.09. The Morgan fingerprint density at radius 3 is 2.50 bits per heavy atom. The highest BCUT2D eigenvalue weighted by molar-refractivity contribution is 5.38. The Balaban J connectivity index is 2.00. The first-order valence-electron chi connectivity index (χ1n) is 7.66. The van der Waals surface area contributed by atoms with Gasteiger partial charge in [0.05, 0.1) is 0 Å². The van der Waals surface area contributed by atoms with Crippen molar-refractivity contribution in [3.05, 3.63) is 71.3 Å². The summed E-state index contributed by atoms with van der Waals surface area (Å²) in [5, 5.41) is 0. The van der Waals surface area contributed by atoms with Crippen LogP contribution >= 0.6 is 0 Å². The molecule has 0 N–H and O–H groups in total. The van der Waals surface area contributed by atoms with Gasteiger partial charge in [-0.25, -0.2) is 0 Å². The van der Waals surface area contributed by atoms with E-state index >= 15 is 0 Å². The summed E-state index contributed by atoms with van der Waals surface area (Å²) in [6.07, 6.45) is 3.67. The second-order valence-corrected chi connectivity index (χ2v) is 5.86. The van der Waals surface area contributed by atoms with Crippen molar-refractivity contribution >= 4 is 0 Å². The highest BCUT2D eigenvalue weighted by atomic mass is 15.1.